The van der Waals surface area contributed by atoms with Crippen molar-refractivity contribution >= 4 is 39.6 Å². The summed E-state index contributed by atoms with van der Waals surface area (Å²) in [6.07, 6.45) is -0.644. The van der Waals surface area contributed by atoms with Crippen molar-refractivity contribution in [2.75, 3.05) is 23.9 Å². The summed E-state index contributed by atoms with van der Waals surface area (Å²) in [7, 11) is 0. The number of alkyl halides is 2. The number of nitrogens with one attached hydrogen (secondary N) is 1. The first-order valence-electron chi connectivity index (χ1n) is 4.46. The lowest BCUT2D eigenvalue weighted by Gasteiger charge is -2.04. The largest absolute Gasteiger partial charge is 0.396 e. The number of hydrogen-bond donors (Lipinski definition) is 2. The predicted molar refractivity (Wildman–Crippen MR) is 65.0 cm³/mol. The minimum Gasteiger partial charge on any atom is -0.396 e. The van der Waals surface area contributed by atoms with Gasteiger partial charge in [-0.2, -0.15) is 0 Å². The summed E-state index contributed by atoms with van der Waals surface area (Å²) in [6.45, 7) is 0.966. The van der Waals surface area contributed by atoms with Crippen LogP contribution in [0.5, 0.6) is 0 Å². The molecule has 0 atom stereocenters. The first-order valence-corrected chi connectivity index (χ1v) is 6.50. The van der Waals surface area contributed by atoms with Crippen LogP contribution in [-0.2, 0) is 0 Å². The zero-order valence-corrected chi connectivity index (χ0v) is 10.5. The molecule has 3 nitrogen and oxygen atoms in total. The molecule has 0 fully saturated rings. The van der Waals surface area contributed by atoms with Crippen molar-refractivity contribution in [1.29, 1.82) is 0 Å². The predicted octanol–water partition coefficient (Wildman–Crippen LogP) is 2.93. The van der Waals surface area contributed by atoms with Gasteiger partial charge in [-0.1, -0.05) is 0 Å². The number of halogens is 2. The average Bonchev–Trinajstić information content (AvgIpc) is 2.51. The molecule has 1 aromatic heterocycles. The van der Waals surface area contributed by atoms with Crippen molar-refractivity contribution in [3.63, 3.8) is 0 Å². The molecule has 1 heterocycles. The van der Waals surface area contributed by atoms with E-state index in [-0.39, 0.29) is 5.78 Å². The van der Waals surface area contributed by atoms with Gasteiger partial charge in [0.1, 0.15) is 5.00 Å². The Morgan fingerprint density at radius 1 is 1.62 bits per heavy atom. The number of thiophene rings is 1. The Hall–Kier alpha value is -0.820. The van der Waals surface area contributed by atoms with Gasteiger partial charge in [0.25, 0.3) is 6.43 Å². The number of carbonyl (C=O) groups is 1. The lowest BCUT2D eigenvalue weighted by atomic mass is 10.3. The van der Waals surface area contributed by atoms with Gasteiger partial charge in [0.05, 0.1) is 22.0 Å². The van der Waals surface area contributed by atoms with Crippen molar-refractivity contribution < 1.29 is 13.6 Å². The van der Waals surface area contributed by atoms with Crippen LogP contribution in [-0.4, -0.2) is 25.0 Å². The van der Waals surface area contributed by atoms with Crippen LogP contribution in [0.3, 0.4) is 0 Å². The molecular weight excluding hydrogens is 254 g/mol. The molecule has 3 N–H and O–H groups in total. The van der Waals surface area contributed by atoms with Crippen LogP contribution in [0.4, 0.5) is 19.5 Å². The smallest absolute Gasteiger partial charge is 0.255 e. The van der Waals surface area contributed by atoms with Crippen LogP contribution in [0.1, 0.15) is 16.6 Å². The Kier molecular flexibility index (Phi) is 4.55. The first kappa shape index (κ1) is 13.2. The zero-order valence-electron chi connectivity index (χ0n) is 8.84. The Balaban J connectivity index is 2.99. The lowest BCUT2D eigenvalue weighted by Crippen LogP contribution is -2.09. The van der Waals surface area contributed by atoms with Gasteiger partial charge in [-0.15, -0.1) is 23.1 Å². The molecule has 0 saturated carbocycles. The Morgan fingerprint density at radius 2 is 2.25 bits per heavy atom. The molecule has 0 aliphatic carbocycles. The first-order chi connectivity index (χ1) is 7.47. The van der Waals surface area contributed by atoms with Gasteiger partial charge >= 0.3 is 0 Å². The van der Waals surface area contributed by atoms with E-state index in [1.807, 2.05) is 0 Å². The van der Waals surface area contributed by atoms with E-state index in [1.165, 1.54) is 18.7 Å². The Morgan fingerprint density at radius 3 is 2.69 bits per heavy atom. The Bertz CT molecular complexity index is 393. The zero-order chi connectivity index (χ0) is 12.3. The molecule has 0 aliphatic heterocycles. The third-order valence-electron chi connectivity index (χ3n) is 1.84. The standard InChI is InChI=1S/C9H12F2N2OS2/c1-4(14)7-6(12)8(15-2)9(16-7)13-3-5(10)11/h5,13H,3,12H2,1-2H3. The van der Waals surface area contributed by atoms with E-state index in [9.17, 15) is 13.6 Å². The van der Waals surface area contributed by atoms with Crippen LogP contribution in [0.25, 0.3) is 0 Å². The minimum absolute atomic E-state index is 0.150. The van der Waals surface area contributed by atoms with Crippen LogP contribution < -0.4 is 11.1 Å². The SMILES string of the molecule is CSc1c(NCC(F)F)sc(C(C)=O)c1N. The number of ketones is 1. The summed E-state index contributed by atoms with van der Waals surface area (Å²) >= 11 is 2.46. The molecule has 0 bridgehead atoms. The molecule has 0 radical (unpaired) electrons. The third kappa shape index (κ3) is 2.85. The van der Waals surface area contributed by atoms with Crippen LogP contribution in [0.2, 0.25) is 0 Å². The van der Waals surface area contributed by atoms with Gasteiger partial charge in [-0.3, -0.25) is 4.79 Å². The van der Waals surface area contributed by atoms with Gasteiger partial charge in [0.15, 0.2) is 5.78 Å². The molecule has 0 aromatic carbocycles. The number of carbonyl (C=O) groups excluding carboxylic acids is 1. The molecule has 16 heavy (non-hydrogen) atoms. The normalized spacial score (nSPS) is 10.8. The number of anilines is 2. The molecule has 0 amide bonds. The molecule has 0 saturated heterocycles. The fourth-order valence-electron chi connectivity index (χ4n) is 1.18. The highest BCUT2D eigenvalue weighted by Crippen LogP contribution is 2.41. The van der Waals surface area contributed by atoms with Crippen molar-refractivity contribution in [2.45, 2.75) is 18.2 Å². The quantitative estimate of drug-likeness (QED) is 0.635. The lowest BCUT2D eigenvalue weighted by molar-refractivity contribution is 0.102. The van der Waals surface area contributed by atoms with Gasteiger partial charge in [0.2, 0.25) is 0 Å². The van der Waals surface area contributed by atoms with Crippen molar-refractivity contribution in [3.05, 3.63) is 4.88 Å². The summed E-state index contributed by atoms with van der Waals surface area (Å²) in [6, 6.07) is 0. The highest BCUT2D eigenvalue weighted by atomic mass is 32.2. The monoisotopic (exact) mass is 266 g/mol. The van der Waals surface area contributed by atoms with E-state index < -0.39 is 13.0 Å². The minimum atomic E-state index is -2.43. The van der Waals surface area contributed by atoms with Crippen LogP contribution in [0, 0.1) is 0 Å². The van der Waals surface area contributed by atoms with E-state index >= 15 is 0 Å². The second-order valence-electron chi connectivity index (χ2n) is 3.04. The summed E-state index contributed by atoms with van der Waals surface area (Å²) in [5.41, 5.74) is 6.14. The van der Waals surface area contributed by atoms with Crippen LogP contribution in [0.15, 0.2) is 4.90 Å². The molecular formula is C9H12F2N2OS2. The maximum atomic E-state index is 12.1. The van der Waals surface area contributed by atoms with Gasteiger partial charge in [0, 0.05) is 6.92 Å². The van der Waals surface area contributed by atoms with Crippen molar-refractivity contribution in [3.8, 4) is 0 Å². The number of nitrogen functional groups attached to an aromatic ring is 1. The maximum Gasteiger partial charge on any atom is 0.255 e. The number of nitrogens with two attached hydrogens (primary N) is 1. The third-order valence-corrected chi connectivity index (χ3v) is 4.07. The fourth-order valence-corrected chi connectivity index (χ4v) is 3.12. The Labute approximate surface area is 100 Å². The number of rotatable bonds is 5. The topological polar surface area (TPSA) is 55.1 Å². The molecule has 1 aromatic rings. The summed E-state index contributed by atoms with van der Waals surface area (Å²) < 4.78 is 24.1. The van der Waals surface area contributed by atoms with E-state index in [2.05, 4.69) is 5.32 Å². The summed E-state index contributed by atoms with van der Waals surface area (Å²) in [4.78, 5) is 12.3. The highest BCUT2D eigenvalue weighted by molar-refractivity contribution is 7.99. The second kappa shape index (κ2) is 5.49. The molecule has 0 spiro atoms. The van der Waals surface area contributed by atoms with Crippen molar-refractivity contribution in [2.24, 2.45) is 0 Å². The molecule has 1 rings (SSSR count). The fraction of sp³-hybridized carbons (Fsp3) is 0.444. The second-order valence-corrected chi connectivity index (χ2v) is 4.87. The van der Waals surface area contributed by atoms with E-state index in [4.69, 9.17) is 5.73 Å². The van der Waals surface area contributed by atoms with Gasteiger partial charge in [-0.05, 0) is 6.26 Å². The maximum absolute atomic E-state index is 12.1. The van der Waals surface area contributed by atoms with Gasteiger partial charge < -0.3 is 11.1 Å². The molecule has 90 valence electrons. The van der Waals surface area contributed by atoms with Crippen LogP contribution >= 0.6 is 23.1 Å². The number of thioether (sulfide) groups is 1. The summed E-state index contributed by atoms with van der Waals surface area (Å²) in [5, 5.41) is 3.13. The highest BCUT2D eigenvalue weighted by Gasteiger charge is 2.18. The number of Topliss-reactive ketones (excluding diaryl/α,β-unsaturated/α-hetero) is 1. The van der Waals surface area contributed by atoms with Crippen molar-refractivity contribution in [1.82, 2.24) is 0 Å². The molecule has 7 heteroatoms. The summed E-state index contributed by atoms with van der Waals surface area (Å²) in [5.74, 6) is -0.150. The molecule has 0 unspecified atom stereocenters. The van der Waals surface area contributed by atoms with Gasteiger partial charge in [-0.25, -0.2) is 8.78 Å². The number of hydrogen-bond acceptors (Lipinski definition) is 5. The van der Waals surface area contributed by atoms with E-state index in [0.29, 0.717) is 20.5 Å². The van der Waals surface area contributed by atoms with E-state index in [0.717, 1.165) is 11.3 Å². The van der Waals surface area contributed by atoms with E-state index in [1.54, 1.807) is 6.26 Å². The molecule has 0 aliphatic rings. The average molecular weight is 266 g/mol.